The van der Waals surface area contributed by atoms with Gasteiger partial charge >= 0.3 is 0 Å². The van der Waals surface area contributed by atoms with Crippen molar-refractivity contribution in [1.82, 2.24) is 20.3 Å². The number of nitrogens with zero attached hydrogens (tertiary/aromatic N) is 4. The molecule has 0 radical (unpaired) electrons. The monoisotopic (exact) mass is 480 g/mol. The molecule has 4 aromatic rings. The lowest BCUT2D eigenvalue weighted by Crippen LogP contribution is -2.24. The Kier molecular flexibility index (Phi) is 5.92. The van der Waals surface area contributed by atoms with Crippen molar-refractivity contribution < 1.29 is 14.3 Å². The zero-order valence-corrected chi connectivity index (χ0v) is 18.8. The van der Waals surface area contributed by atoms with Gasteiger partial charge in [-0.3, -0.25) is 4.79 Å². The standard InChI is InChI=1S/C22H17ClN6O3S/c23-22-27-10-12(11-31-9-1-6-24)21(29-22)32-16-5-2-13-14(28-16)3-4-15-17(13)18-19(33-15)20(30)26-8-7-25-18/h2-5,10,25H,1,7-9,11H2,(H,26,30). The maximum absolute atomic E-state index is 12.4. The molecule has 1 amide bonds. The Labute approximate surface area is 197 Å². The molecule has 1 aliphatic heterocycles. The molecule has 0 fully saturated rings. The van der Waals surface area contributed by atoms with Crippen molar-refractivity contribution in [1.29, 1.82) is 5.26 Å². The van der Waals surface area contributed by atoms with Gasteiger partial charge in [0.05, 0.1) is 42.5 Å². The Morgan fingerprint density at radius 1 is 1.18 bits per heavy atom. The highest BCUT2D eigenvalue weighted by Crippen LogP contribution is 2.41. The number of halogens is 1. The normalized spacial score (nSPS) is 13.2. The van der Waals surface area contributed by atoms with Gasteiger partial charge in [0.1, 0.15) is 4.88 Å². The lowest BCUT2D eigenvalue weighted by molar-refractivity contribution is 0.0962. The Morgan fingerprint density at radius 3 is 2.94 bits per heavy atom. The van der Waals surface area contributed by atoms with Crippen LogP contribution in [-0.4, -0.2) is 40.6 Å². The molecule has 0 aliphatic carbocycles. The minimum Gasteiger partial charge on any atom is -0.420 e. The summed E-state index contributed by atoms with van der Waals surface area (Å²) in [4.78, 5) is 25.9. The van der Waals surface area contributed by atoms with Gasteiger partial charge in [-0.1, -0.05) is 0 Å². The molecule has 4 heterocycles. The maximum Gasteiger partial charge on any atom is 0.263 e. The third-order valence-electron chi connectivity index (χ3n) is 5.03. The number of aromatic nitrogens is 3. The number of hydrogen-bond donors (Lipinski definition) is 2. The fourth-order valence-corrected chi connectivity index (χ4v) is 4.81. The summed E-state index contributed by atoms with van der Waals surface area (Å²) in [7, 11) is 0. The quantitative estimate of drug-likeness (QED) is 0.310. The van der Waals surface area contributed by atoms with Crippen LogP contribution in [0.4, 0.5) is 5.69 Å². The van der Waals surface area contributed by atoms with Gasteiger partial charge in [-0.2, -0.15) is 10.2 Å². The van der Waals surface area contributed by atoms with E-state index in [1.54, 1.807) is 6.07 Å². The molecule has 3 aromatic heterocycles. The first-order chi connectivity index (χ1) is 16.1. The highest BCUT2D eigenvalue weighted by molar-refractivity contribution is 7.21. The average Bonchev–Trinajstić information content (AvgIpc) is 3.10. The van der Waals surface area contributed by atoms with Gasteiger partial charge < -0.3 is 20.1 Å². The zero-order valence-electron chi connectivity index (χ0n) is 17.2. The van der Waals surface area contributed by atoms with Crippen molar-refractivity contribution in [3.63, 3.8) is 0 Å². The number of nitrogens with one attached hydrogen (secondary N) is 2. The summed E-state index contributed by atoms with van der Waals surface area (Å²) in [6, 6.07) is 9.55. The van der Waals surface area contributed by atoms with Crippen LogP contribution in [0.1, 0.15) is 21.7 Å². The molecule has 0 saturated heterocycles. The van der Waals surface area contributed by atoms with E-state index in [1.165, 1.54) is 17.5 Å². The molecule has 0 atom stereocenters. The van der Waals surface area contributed by atoms with E-state index in [9.17, 15) is 4.79 Å². The van der Waals surface area contributed by atoms with Crippen molar-refractivity contribution in [2.75, 3.05) is 25.0 Å². The summed E-state index contributed by atoms with van der Waals surface area (Å²) in [5.74, 6) is 0.506. The number of thiophene rings is 1. The van der Waals surface area contributed by atoms with E-state index >= 15 is 0 Å². The van der Waals surface area contributed by atoms with Crippen LogP contribution in [0.5, 0.6) is 11.8 Å². The van der Waals surface area contributed by atoms with E-state index in [2.05, 4.69) is 25.6 Å². The Morgan fingerprint density at radius 2 is 2.06 bits per heavy atom. The summed E-state index contributed by atoms with van der Waals surface area (Å²) in [6.07, 6.45) is 1.81. The van der Waals surface area contributed by atoms with Crippen molar-refractivity contribution in [3.05, 3.63) is 46.2 Å². The number of hydrogen-bond acceptors (Lipinski definition) is 9. The lowest BCUT2D eigenvalue weighted by atomic mass is 10.1. The molecule has 2 N–H and O–H groups in total. The van der Waals surface area contributed by atoms with Crippen LogP contribution in [0.2, 0.25) is 5.28 Å². The van der Waals surface area contributed by atoms with Crippen molar-refractivity contribution in [3.8, 4) is 17.8 Å². The van der Waals surface area contributed by atoms with Crippen molar-refractivity contribution in [2.24, 2.45) is 0 Å². The van der Waals surface area contributed by atoms with Gasteiger partial charge in [0.25, 0.3) is 5.91 Å². The lowest BCUT2D eigenvalue weighted by Gasteiger charge is -2.11. The molecule has 5 rings (SSSR count). The van der Waals surface area contributed by atoms with Crippen LogP contribution in [0.3, 0.4) is 0 Å². The first-order valence-corrected chi connectivity index (χ1v) is 11.4. The minimum absolute atomic E-state index is 0.0404. The highest BCUT2D eigenvalue weighted by atomic mass is 35.5. The maximum atomic E-state index is 12.4. The molecule has 0 unspecified atom stereocenters. The fraction of sp³-hybridized carbons (Fsp3) is 0.227. The number of amides is 1. The van der Waals surface area contributed by atoms with Crippen molar-refractivity contribution >= 4 is 55.5 Å². The summed E-state index contributed by atoms with van der Waals surface area (Å²) in [5, 5.41) is 16.9. The molecule has 1 aromatic carbocycles. The Hall–Kier alpha value is -3.52. The van der Waals surface area contributed by atoms with Crippen molar-refractivity contribution in [2.45, 2.75) is 13.0 Å². The van der Waals surface area contributed by atoms with Gasteiger partial charge in [-0.15, -0.1) is 11.3 Å². The van der Waals surface area contributed by atoms with E-state index in [0.29, 0.717) is 36.0 Å². The topological polar surface area (TPSA) is 122 Å². The van der Waals surface area contributed by atoms with E-state index < -0.39 is 0 Å². The van der Waals surface area contributed by atoms with Gasteiger partial charge in [0.15, 0.2) is 0 Å². The van der Waals surface area contributed by atoms with E-state index in [-0.39, 0.29) is 30.1 Å². The Balaban J connectivity index is 1.49. The molecule has 0 spiro atoms. The SMILES string of the molecule is N#CCCOCc1cnc(Cl)nc1Oc1ccc2c(ccc3sc4c(c32)NCCNC4=O)n1. The third kappa shape index (κ3) is 4.26. The van der Waals surface area contributed by atoms with E-state index in [0.717, 1.165) is 26.7 Å². The van der Waals surface area contributed by atoms with Crippen LogP contribution in [0.15, 0.2) is 30.5 Å². The first-order valence-electron chi connectivity index (χ1n) is 10.2. The van der Waals surface area contributed by atoms with Gasteiger partial charge in [-0.05, 0) is 29.8 Å². The second kappa shape index (κ2) is 9.15. The molecule has 33 heavy (non-hydrogen) atoms. The first kappa shape index (κ1) is 21.3. The second-order valence-electron chi connectivity index (χ2n) is 7.18. The van der Waals surface area contributed by atoms with Crippen LogP contribution in [0, 0.1) is 11.3 Å². The van der Waals surface area contributed by atoms with Gasteiger partial charge in [-0.25, -0.2) is 9.97 Å². The number of ether oxygens (including phenoxy) is 2. The van der Waals surface area contributed by atoms with Crippen LogP contribution < -0.4 is 15.4 Å². The van der Waals surface area contributed by atoms with Crippen LogP contribution in [-0.2, 0) is 11.3 Å². The number of benzene rings is 1. The zero-order chi connectivity index (χ0) is 22.8. The number of carbonyl (C=O) groups excluding carboxylic acids is 1. The molecule has 9 nitrogen and oxygen atoms in total. The number of pyridine rings is 1. The molecule has 1 aliphatic rings. The molecule has 0 bridgehead atoms. The number of rotatable bonds is 6. The number of anilines is 1. The smallest absolute Gasteiger partial charge is 0.263 e. The summed E-state index contributed by atoms with van der Waals surface area (Å²) in [5.41, 5.74) is 2.15. The Bertz CT molecular complexity index is 1420. The minimum atomic E-state index is -0.0672. The average molecular weight is 481 g/mol. The van der Waals surface area contributed by atoms with Gasteiger partial charge in [0, 0.05) is 40.8 Å². The molecule has 11 heteroatoms. The van der Waals surface area contributed by atoms with Crippen LogP contribution >= 0.6 is 22.9 Å². The molecular weight excluding hydrogens is 464 g/mol. The predicted octanol–water partition coefficient (Wildman–Crippen LogP) is 4.27. The molecular formula is C22H17ClN6O3S. The van der Waals surface area contributed by atoms with E-state index in [4.69, 9.17) is 26.3 Å². The van der Waals surface area contributed by atoms with Crippen LogP contribution in [0.25, 0.3) is 21.0 Å². The second-order valence-corrected chi connectivity index (χ2v) is 8.57. The summed E-state index contributed by atoms with van der Waals surface area (Å²) in [6.45, 7) is 1.70. The highest BCUT2D eigenvalue weighted by Gasteiger charge is 2.22. The largest absolute Gasteiger partial charge is 0.420 e. The van der Waals surface area contributed by atoms with E-state index in [1.807, 2.05) is 24.3 Å². The molecule has 0 saturated carbocycles. The number of nitriles is 1. The summed E-state index contributed by atoms with van der Waals surface area (Å²) >= 11 is 7.42. The predicted molar refractivity (Wildman–Crippen MR) is 125 cm³/mol. The summed E-state index contributed by atoms with van der Waals surface area (Å²) < 4.78 is 12.4. The number of fused-ring (bicyclic) bond motifs is 5. The molecule has 166 valence electrons. The van der Waals surface area contributed by atoms with Gasteiger partial charge in [0.2, 0.25) is 17.0 Å². The third-order valence-corrected chi connectivity index (χ3v) is 6.36. The fourth-order valence-electron chi connectivity index (χ4n) is 3.57. The number of carbonyl (C=O) groups is 1.